The Bertz CT molecular complexity index is 735. The van der Waals surface area contributed by atoms with Crippen LogP contribution in [0.4, 0.5) is 0 Å². The van der Waals surface area contributed by atoms with E-state index in [0.29, 0.717) is 12.4 Å². The first kappa shape index (κ1) is 13.5. The fourth-order valence-corrected chi connectivity index (χ4v) is 1.92. The Morgan fingerprint density at radius 2 is 1.95 bits per heavy atom. The molecule has 0 amide bonds. The molecule has 2 aromatic heterocycles. The van der Waals surface area contributed by atoms with Crippen molar-refractivity contribution < 1.29 is 0 Å². The molecule has 1 aromatic carbocycles. The first-order valence-electron chi connectivity index (χ1n) is 6.37. The molecule has 0 bridgehead atoms. The summed E-state index contributed by atoms with van der Waals surface area (Å²) in [6.45, 7) is 0.503. The van der Waals surface area contributed by atoms with Gasteiger partial charge in [0.1, 0.15) is 25.0 Å². The largest absolute Gasteiger partial charge is 0.245 e. The summed E-state index contributed by atoms with van der Waals surface area (Å²) in [6, 6.07) is 9.48. The average molecular weight is 298 g/mol. The minimum absolute atomic E-state index is 0.503. The molecule has 0 radical (unpaired) electrons. The molecule has 0 spiro atoms. The zero-order valence-electron chi connectivity index (χ0n) is 11.1. The van der Waals surface area contributed by atoms with Crippen LogP contribution in [0.15, 0.2) is 49.2 Å². The molecule has 0 saturated heterocycles. The summed E-state index contributed by atoms with van der Waals surface area (Å²) in [7, 11) is 0. The fraction of sp³-hybridized carbons (Fsp3) is 0.0667. The minimum Gasteiger partial charge on any atom is -0.245 e. The van der Waals surface area contributed by atoms with Crippen LogP contribution in [0.3, 0.4) is 0 Å². The second-order valence-electron chi connectivity index (χ2n) is 4.38. The highest BCUT2D eigenvalue weighted by molar-refractivity contribution is 6.30. The van der Waals surface area contributed by atoms with Gasteiger partial charge in [-0.3, -0.25) is 0 Å². The quantitative estimate of drug-likeness (QED) is 0.743. The third kappa shape index (κ3) is 3.73. The van der Waals surface area contributed by atoms with Crippen LogP contribution in [0.2, 0.25) is 5.02 Å². The highest BCUT2D eigenvalue weighted by Crippen LogP contribution is 2.12. The van der Waals surface area contributed by atoms with Gasteiger partial charge in [0.15, 0.2) is 0 Å². The lowest BCUT2D eigenvalue weighted by Gasteiger charge is -2.00. The molecule has 0 aliphatic heterocycles. The zero-order valence-corrected chi connectivity index (χ0v) is 11.9. The molecule has 0 aliphatic carbocycles. The monoisotopic (exact) mass is 297 g/mol. The molecular weight excluding hydrogens is 286 g/mol. The predicted molar refractivity (Wildman–Crippen MR) is 81.5 cm³/mol. The molecule has 2 heterocycles. The van der Waals surface area contributed by atoms with Crippen LogP contribution in [-0.2, 0) is 6.54 Å². The highest BCUT2D eigenvalue weighted by Gasteiger charge is 1.99. The van der Waals surface area contributed by atoms with Crippen LogP contribution in [0.25, 0.3) is 12.2 Å². The van der Waals surface area contributed by atoms with E-state index in [4.69, 9.17) is 11.6 Å². The molecule has 5 nitrogen and oxygen atoms in total. The molecule has 0 aliphatic rings. The lowest BCUT2D eigenvalue weighted by atomic mass is 10.2. The van der Waals surface area contributed by atoms with E-state index in [1.54, 1.807) is 17.2 Å². The summed E-state index contributed by atoms with van der Waals surface area (Å²) in [5.74, 6) is 0.693. The molecule has 0 fully saturated rings. The first-order chi connectivity index (χ1) is 10.3. The van der Waals surface area contributed by atoms with E-state index in [-0.39, 0.29) is 0 Å². The van der Waals surface area contributed by atoms with Crippen molar-refractivity contribution in [1.82, 2.24) is 24.7 Å². The van der Waals surface area contributed by atoms with E-state index in [9.17, 15) is 0 Å². The van der Waals surface area contributed by atoms with Crippen LogP contribution < -0.4 is 0 Å². The number of halogens is 1. The Labute approximate surface area is 127 Å². The SMILES string of the molecule is Clc1ccc(/C=C/c2ccnc(Cn3cncn3)n2)cc1. The number of aromatic nitrogens is 5. The Balaban J connectivity index is 1.75. The van der Waals surface area contributed by atoms with Crippen LogP contribution in [0.1, 0.15) is 17.1 Å². The zero-order chi connectivity index (χ0) is 14.5. The molecule has 6 heteroatoms. The van der Waals surface area contributed by atoms with E-state index in [1.807, 2.05) is 42.5 Å². The van der Waals surface area contributed by atoms with Crippen LogP contribution in [0.5, 0.6) is 0 Å². The molecule has 0 unspecified atom stereocenters. The van der Waals surface area contributed by atoms with Crippen molar-refractivity contribution in [3.05, 3.63) is 71.3 Å². The molecule has 3 aromatic rings. The normalized spacial score (nSPS) is 11.1. The Hall–Kier alpha value is -2.53. The molecule has 0 N–H and O–H groups in total. The summed E-state index contributed by atoms with van der Waals surface area (Å²) in [5, 5.41) is 4.76. The molecule has 21 heavy (non-hydrogen) atoms. The molecule has 3 rings (SSSR count). The van der Waals surface area contributed by atoms with Crippen molar-refractivity contribution in [3.8, 4) is 0 Å². The van der Waals surface area contributed by atoms with E-state index >= 15 is 0 Å². The number of hydrogen-bond acceptors (Lipinski definition) is 4. The maximum atomic E-state index is 5.86. The summed E-state index contributed by atoms with van der Waals surface area (Å²) in [4.78, 5) is 12.6. The van der Waals surface area contributed by atoms with Crippen molar-refractivity contribution in [1.29, 1.82) is 0 Å². The summed E-state index contributed by atoms with van der Waals surface area (Å²) >= 11 is 5.86. The van der Waals surface area contributed by atoms with Gasteiger partial charge in [0, 0.05) is 11.2 Å². The van der Waals surface area contributed by atoms with Crippen molar-refractivity contribution in [2.75, 3.05) is 0 Å². The van der Waals surface area contributed by atoms with Gasteiger partial charge < -0.3 is 0 Å². The maximum Gasteiger partial charge on any atom is 0.150 e. The second kappa shape index (κ2) is 6.28. The highest BCUT2D eigenvalue weighted by atomic mass is 35.5. The van der Waals surface area contributed by atoms with Gasteiger partial charge in [0.05, 0.1) is 5.69 Å². The Morgan fingerprint density at radius 1 is 1.10 bits per heavy atom. The van der Waals surface area contributed by atoms with E-state index in [0.717, 1.165) is 16.3 Å². The van der Waals surface area contributed by atoms with E-state index in [1.165, 1.54) is 6.33 Å². The number of nitrogens with zero attached hydrogens (tertiary/aromatic N) is 5. The summed E-state index contributed by atoms with van der Waals surface area (Å²) < 4.78 is 1.68. The second-order valence-corrected chi connectivity index (χ2v) is 4.81. The predicted octanol–water partition coefficient (Wildman–Crippen LogP) is 2.94. The van der Waals surface area contributed by atoms with E-state index < -0.39 is 0 Å². The van der Waals surface area contributed by atoms with Gasteiger partial charge in [0.25, 0.3) is 0 Å². The van der Waals surface area contributed by atoms with Gasteiger partial charge in [-0.25, -0.2) is 19.6 Å². The van der Waals surface area contributed by atoms with Crippen molar-refractivity contribution in [2.45, 2.75) is 6.54 Å². The van der Waals surface area contributed by atoms with Crippen molar-refractivity contribution in [3.63, 3.8) is 0 Å². The first-order valence-corrected chi connectivity index (χ1v) is 6.75. The third-order valence-electron chi connectivity index (χ3n) is 2.81. The maximum absolute atomic E-state index is 5.86. The van der Waals surface area contributed by atoms with Crippen molar-refractivity contribution >= 4 is 23.8 Å². The van der Waals surface area contributed by atoms with Crippen LogP contribution in [-0.4, -0.2) is 24.7 Å². The average Bonchev–Trinajstić information content (AvgIpc) is 3.00. The number of benzene rings is 1. The van der Waals surface area contributed by atoms with E-state index in [2.05, 4.69) is 20.1 Å². The molecule has 0 atom stereocenters. The summed E-state index contributed by atoms with van der Waals surface area (Å²) in [6.07, 6.45) is 8.79. The number of hydrogen-bond donors (Lipinski definition) is 0. The van der Waals surface area contributed by atoms with Gasteiger partial charge in [-0.1, -0.05) is 29.8 Å². The van der Waals surface area contributed by atoms with Crippen LogP contribution >= 0.6 is 11.6 Å². The Morgan fingerprint density at radius 3 is 2.71 bits per heavy atom. The molecule has 104 valence electrons. The smallest absolute Gasteiger partial charge is 0.150 e. The third-order valence-corrected chi connectivity index (χ3v) is 3.07. The minimum atomic E-state index is 0.503. The topological polar surface area (TPSA) is 56.5 Å². The Kier molecular flexibility index (Phi) is 4.02. The van der Waals surface area contributed by atoms with Gasteiger partial charge >= 0.3 is 0 Å². The number of rotatable bonds is 4. The molecule has 0 saturated carbocycles. The van der Waals surface area contributed by atoms with Gasteiger partial charge in [-0.05, 0) is 29.8 Å². The standard InChI is InChI=1S/C15H12ClN5/c16-13-4-1-12(2-5-13)3-6-14-7-8-18-15(20-14)9-21-11-17-10-19-21/h1-8,10-11H,9H2/b6-3+. The van der Waals surface area contributed by atoms with Gasteiger partial charge in [0.2, 0.25) is 0 Å². The lowest BCUT2D eigenvalue weighted by molar-refractivity contribution is 0.652. The van der Waals surface area contributed by atoms with Crippen molar-refractivity contribution in [2.24, 2.45) is 0 Å². The molecular formula is C15H12ClN5. The van der Waals surface area contributed by atoms with Gasteiger partial charge in [-0.2, -0.15) is 5.10 Å². The lowest BCUT2D eigenvalue weighted by Crippen LogP contribution is -2.05. The van der Waals surface area contributed by atoms with Gasteiger partial charge in [-0.15, -0.1) is 0 Å². The fourth-order valence-electron chi connectivity index (χ4n) is 1.80. The summed E-state index contributed by atoms with van der Waals surface area (Å²) in [5.41, 5.74) is 1.91. The van der Waals surface area contributed by atoms with Crippen LogP contribution in [0, 0.1) is 0 Å².